The van der Waals surface area contributed by atoms with E-state index in [1.54, 1.807) is 19.1 Å². The molecule has 1 N–H and O–H groups in total. The van der Waals surface area contributed by atoms with Crippen LogP contribution in [0.1, 0.15) is 5.56 Å². The minimum Gasteiger partial charge on any atom is -0.490 e. The summed E-state index contributed by atoms with van der Waals surface area (Å²) in [7, 11) is 0. The smallest absolute Gasteiger partial charge is 0.276 e. The molecule has 6 heteroatoms. The largest absolute Gasteiger partial charge is 0.490 e. The molecule has 0 aliphatic rings. The maximum atomic E-state index is 10.7. The van der Waals surface area contributed by atoms with Gasteiger partial charge in [0.1, 0.15) is 12.4 Å². The second-order valence-electron chi connectivity index (χ2n) is 3.28. The summed E-state index contributed by atoms with van der Waals surface area (Å²) in [6.07, 6.45) is -0.626. The molecule has 0 saturated heterocycles. The minimum absolute atomic E-state index is 0.0193. The first-order valence-corrected chi connectivity index (χ1v) is 5.79. The molecule has 1 aromatic rings. The number of ether oxygens (including phenoxy) is 1. The third-order valence-corrected chi connectivity index (χ3v) is 2.81. The Morgan fingerprint density at radius 1 is 1.62 bits per heavy atom. The van der Waals surface area contributed by atoms with Crippen LogP contribution in [0.3, 0.4) is 0 Å². The lowest BCUT2D eigenvalue weighted by Gasteiger charge is -2.11. The predicted octanol–water partition coefficient (Wildman–Crippen LogP) is 2.04. The van der Waals surface area contributed by atoms with Crippen molar-refractivity contribution in [1.29, 1.82) is 0 Å². The first-order valence-electron chi connectivity index (χ1n) is 4.67. The second kappa shape index (κ2) is 5.81. The number of nitro benzene ring substituents is 1. The van der Waals surface area contributed by atoms with Gasteiger partial charge in [0.2, 0.25) is 0 Å². The topological polar surface area (TPSA) is 72.6 Å². The van der Waals surface area contributed by atoms with Crippen molar-refractivity contribution in [2.24, 2.45) is 0 Å². The molecular formula is C10H12BrNO4. The van der Waals surface area contributed by atoms with Crippen LogP contribution in [0.25, 0.3) is 0 Å². The Bertz CT molecular complexity index is 383. The summed E-state index contributed by atoms with van der Waals surface area (Å²) in [4.78, 5) is 10.2. The summed E-state index contributed by atoms with van der Waals surface area (Å²) < 4.78 is 5.30. The standard InChI is InChI=1S/C10H12BrNO4/c1-7-9(12(14)15)3-2-4-10(7)16-6-8(13)5-11/h2-4,8,13H,5-6H2,1H3. The van der Waals surface area contributed by atoms with Crippen LogP contribution in [-0.4, -0.2) is 28.1 Å². The normalized spacial score (nSPS) is 12.2. The van der Waals surface area contributed by atoms with Crippen LogP contribution in [0.2, 0.25) is 0 Å². The highest BCUT2D eigenvalue weighted by molar-refractivity contribution is 9.09. The van der Waals surface area contributed by atoms with Gasteiger partial charge in [0.05, 0.1) is 16.6 Å². The fourth-order valence-electron chi connectivity index (χ4n) is 1.19. The molecule has 0 radical (unpaired) electrons. The van der Waals surface area contributed by atoms with E-state index in [9.17, 15) is 15.2 Å². The van der Waals surface area contributed by atoms with E-state index in [1.165, 1.54) is 6.07 Å². The molecule has 16 heavy (non-hydrogen) atoms. The predicted molar refractivity (Wildman–Crippen MR) is 63.1 cm³/mol. The Morgan fingerprint density at radius 3 is 2.88 bits per heavy atom. The van der Waals surface area contributed by atoms with Crippen LogP contribution >= 0.6 is 15.9 Å². The monoisotopic (exact) mass is 289 g/mol. The summed E-state index contributed by atoms with van der Waals surface area (Å²) >= 11 is 3.11. The highest BCUT2D eigenvalue weighted by atomic mass is 79.9. The number of nitrogens with zero attached hydrogens (tertiary/aromatic N) is 1. The molecule has 1 atom stereocenters. The Morgan fingerprint density at radius 2 is 2.31 bits per heavy atom. The van der Waals surface area contributed by atoms with Gasteiger partial charge >= 0.3 is 0 Å². The number of alkyl halides is 1. The van der Waals surface area contributed by atoms with Gasteiger partial charge in [0.15, 0.2) is 0 Å². The number of hydrogen-bond acceptors (Lipinski definition) is 4. The van der Waals surface area contributed by atoms with Gasteiger partial charge in [-0.15, -0.1) is 0 Å². The van der Waals surface area contributed by atoms with Gasteiger partial charge in [0, 0.05) is 11.4 Å². The van der Waals surface area contributed by atoms with E-state index in [0.29, 0.717) is 16.6 Å². The maximum absolute atomic E-state index is 10.7. The molecule has 0 saturated carbocycles. The van der Waals surface area contributed by atoms with Crippen molar-refractivity contribution in [1.82, 2.24) is 0 Å². The summed E-state index contributed by atoms with van der Waals surface area (Å²) in [5.74, 6) is 0.425. The van der Waals surface area contributed by atoms with Crippen LogP contribution in [0.4, 0.5) is 5.69 Å². The van der Waals surface area contributed by atoms with Crippen molar-refractivity contribution < 1.29 is 14.8 Å². The summed E-state index contributed by atoms with van der Waals surface area (Å²) in [6.45, 7) is 1.72. The molecule has 1 rings (SSSR count). The highest BCUT2D eigenvalue weighted by Crippen LogP contribution is 2.26. The third-order valence-electron chi connectivity index (χ3n) is 2.06. The van der Waals surface area contributed by atoms with Crippen LogP contribution in [0.15, 0.2) is 18.2 Å². The quantitative estimate of drug-likeness (QED) is 0.511. The Kier molecular flexibility index (Phi) is 4.70. The van der Waals surface area contributed by atoms with Crippen molar-refractivity contribution in [2.75, 3.05) is 11.9 Å². The molecule has 1 aromatic carbocycles. The molecule has 0 amide bonds. The third kappa shape index (κ3) is 3.18. The number of nitro groups is 1. The zero-order valence-electron chi connectivity index (χ0n) is 8.72. The molecule has 0 fully saturated rings. The van der Waals surface area contributed by atoms with E-state index in [1.807, 2.05) is 0 Å². The fraction of sp³-hybridized carbons (Fsp3) is 0.400. The van der Waals surface area contributed by atoms with E-state index in [-0.39, 0.29) is 12.3 Å². The molecule has 1 unspecified atom stereocenters. The molecule has 0 aromatic heterocycles. The van der Waals surface area contributed by atoms with Gasteiger partial charge in [-0.1, -0.05) is 22.0 Å². The highest BCUT2D eigenvalue weighted by Gasteiger charge is 2.14. The summed E-state index contributed by atoms with van der Waals surface area (Å²) in [5, 5.41) is 20.3. The Balaban J connectivity index is 2.81. The zero-order chi connectivity index (χ0) is 12.1. The van der Waals surface area contributed by atoms with Crippen LogP contribution in [0.5, 0.6) is 5.75 Å². The number of aliphatic hydroxyl groups is 1. The molecule has 88 valence electrons. The maximum Gasteiger partial charge on any atom is 0.276 e. The number of aliphatic hydroxyl groups excluding tert-OH is 1. The van der Waals surface area contributed by atoms with Crippen LogP contribution in [0, 0.1) is 17.0 Å². The van der Waals surface area contributed by atoms with Gasteiger partial charge in [-0.2, -0.15) is 0 Å². The molecule has 0 aliphatic carbocycles. The van der Waals surface area contributed by atoms with Crippen molar-refractivity contribution in [2.45, 2.75) is 13.0 Å². The molecule has 0 heterocycles. The van der Waals surface area contributed by atoms with E-state index in [0.717, 1.165) is 0 Å². The average Bonchev–Trinajstić information content (AvgIpc) is 2.26. The van der Waals surface area contributed by atoms with Gasteiger partial charge in [-0.3, -0.25) is 10.1 Å². The molecule has 0 aliphatic heterocycles. The molecular weight excluding hydrogens is 278 g/mol. The molecule has 0 bridgehead atoms. The average molecular weight is 290 g/mol. The van der Waals surface area contributed by atoms with Crippen molar-refractivity contribution in [3.63, 3.8) is 0 Å². The van der Waals surface area contributed by atoms with Crippen LogP contribution < -0.4 is 4.74 Å². The summed E-state index contributed by atoms with van der Waals surface area (Å²) in [5.41, 5.74) is 0.486. The molecule has 5 nitrogen and oxygen atoms in total. The zero-order valence-corrected chi connectivity index (χ0v) is 10.3. The number of rotatable bonds is 5. The minimum atomic E-state index is -0.626. The van der Waals surface area contributed by atoms with E-state index in [4.69, 9.17) is 4.74 Å². The van der Waals surface area contributed by atoms with Gasteiger partial charge in [-0.05, 0) is 13.0 Å². The lowest BCUT2D eigenvalue weighted by molar-refractivity contribution is -0.385. The van der Waals surface area contributed by atoms with Crippen molar-refractivity contribution in [3.05, 3.63) is 33.9 Å². The SMILES string of the molecule is Cc1c(OCC(O)CBr)cccc1[N+](=O)[O-]. The van der Waals surface area contributed by atoms with E-state index >= 15 is 0 Å². The lowest BCUT2D eigenvalue weighted by atomic mass is 10.2. The van der Waals surface area contributed by atoms with E-state index < -0.39 is 11.0 Å². The van der Waals surface area contributed by atoms with Crippen molar-refractivity contribution >= 4 is 21.6 Å². The van der Waals surface area contributed by atoms with Gasteiger partial charge in [-0.25, -0.2) is 0 Å². The fourth-order valence-corrected chi connectivity index (χ4v) is 1.37. The molecule has 0 spiro atoms. The first-order chi connectivity index (χ1) is 7.56. The number of halogens is 1. The number of hydrogen-bond donors (Lipinski definition) is 1. The lowest BCUT2D eigenvalue weighted by Crippen LogP contribution is -2.19. The number of benzene rings is 1. The Hall–Kier alpha value is -1.14. The van der Waals surface area contributed by atoms with Crippen molar-refractivity contribution in [3.8, 4) is 5.75 Å². The second-order valence-corrected chi connectivity index (χ2v) is 3.92. The van der Waals surface area contributed by atoms with E-state index in [2.05, 4.69) is 15.9 Å². The first kappa shape index (κ1) is 12.9. The summed E-state index contributed by atoms with van der Waals surface area (Å²) in [6, 6.07) is 4.62. The van der Waals surface area contributed by atoms with Gasteiger partial charge in [0.25, 0.3) is 5.69 Å². The van der Waals surface area contributed by atoms with Gasteiger partial charge < -0.3 is 9.84 Å². The Labute approximate surface area is 101 Å². The van der Waals surface area contributed by atoms with Crippen LogP contribution in [-0.2, 0) is 0 Å².